The average Bonchev–Trinajstić information content (AvgIpc) is 2.97. The first-order valence-corrected chi connectivity index (χ1v) is 5.34. The molecule has 0 aliphatic heterocycles. The number of benzene rings is 1. The Morgan fingerprint density at radius 3 is 2.94 bits per heavy atom. The van der Waals surface area contributed by atoms with Gasteiger partial charge in [0.25, 0.3) is 5.89 Å². The molecule has 90 valence electrons. The number of aromatic nitrogens is 4. The Kier molecular flexibility index (Phi) is 2.33. The Labute approximate surface area is 103 Å². The molecule has 0 bridgehead atoms. The molecule has 6 nitrogen and oxygen atoms in total. The van der Waals surface area contributed by atoms with Crippen molar-refractivity contribution in [1.29, 1.82) is 0 Å². The fraction of sp³-hybridized carbons (Fsp3) is 0.0833. The van der Waals surface area contributed by atoms with Gasteiger partial charge in [-0.05, 0) is 12.1 Å². The number of imidazole rings is 1. The summed E-state index contributed by atoms with van der Waals surface area (Å²) < 4.78 is 6.94. The Morgan fingerprint density at radius 1 is 1.33 bits per heavy atom. The highest BCUT2D eigenvalue weighted by atomic mass is 16.5. The molecule has 0 saturated heterocycles. The van der Waals surface area contributed by atoms with Crippen LogP contribution in [0.2, 0.25) is 0 Å². The lowest BCUT2D eigenvalue weighted by Crippen LogP contribution is -1.81. The van der Waals surface area contributed by atoms with Crippen molar-refractivity contribution in [3.8, 4) is 28.7 Å². The van der Waals surface area contributed by atoms with Crippen LogP contribution < -0.4 is 0 Å². The first-order valence-electron chi connectivity index (χ1n) is 5.34. The van der Waals surface area contributed by atoms with Crippen LogP contribution in [0.4, 0.5) is 0 Å². The molecule has 0 unspecified atom stereocenters. The van der Waals surface area contributed by atoms with E-state index in [1.807, 2.05) is 7.05 Å². The third-order valence-corrected chi connectivity index (χ3v) is 2.45. The van der Waals surface area contributed by atoms with Gasteiger partial charge in [0, 0.05) is 18.8 Å². The minimum atomic E-state index is 0.164. The van der Waals surface area contributed by atoms with E-state index in [4.69, 9.17) is 4.52 Å². The largest absolute Gasteiger partial charge is 0.508 e. The zero-order valence-corrected chi connectivity index (χ0v) is 9.61. The summed E-state index contributed by atoms with van der Waals surface area (Å²) in [7, 11) is 1.86. The first-order chi connectivity index (χ1) is 8.72. The minimum absolute atomic E-state index is 0.164. The number of rotatable bonds is 2. The number of phenols is 1. The van der Waals surface area contributed by atoms with Crippen LogP contribution in [0.3, 0.4) is 0 Å². The molecule has 0 fully saturated rings. The molecule has 0 spiro atoms. The van der Waals surface area contributed by atoms with Gasteiger partial charge in [-0.15, -0.1) is 0 Å². The predicted molar refractivity (Wildman–Crippen MR) is 63.6 cm³/mol. The molecule has 0 aliphatic carbocycles. The SMILES string of the molecule is Cn1cnc(-c2nc(-c3cccc(O)c3)no2)c1. The fourth-order valence-corrected chi connectivity index (χ4v) is 1.61. The van der Waals surface area contributed by atoms with Gasteiger partial charge in [0.1, 0.15) is 11.4 Å². The van der Waals surface area contributed by atoms with Crippen molar-refractivity contribution >= 4 is 0 Å². The highest BCUT2D eigenvalue weighted by molar-refractivity contribution is 5.59. The van der Waals surface area contributed by atoms with E-state index in [1.54, 1.807) is 41.4 Å². The Balaban J connectivity index is 1.99. The highest BCUT2D eigenvalue weighted by Gasteiger charge is 2.12. The lowest BCUT2D eigenvalue weighted by atomic mass is 10.2. The highest BCUT2D eigenvalue weighted by Crippen LogP contribution is 2.23. The maximum Gasteiger partial charge on any atom is 0.278 e. The average molecular weight is 242 g/mol. The van der Waals surface area contributed by atoms with E-state index >= 15 is 0 Å². The maximum atomic E-state index is 9.40. The topological polar surface area (TPSA) is 77.0 Å². The summed E-state index contributed by atoms with van der Waals surface area (Å²) in [6.07, 6.45) is 3.45. The van der Waals surface area contributed by atoms with Crippen LogP contribution >= 0.6 is 0 Å². The molecule has 1 N–H and O–H groups in total. The van der Waals surface area contributed by atoms with Gasteiger partial charge in [0.2, 0.25) is 5.82 Å². The molecular weight excluding hydrogens is 232 g/mol. The number of hydrogen-bond acceptors (Lipinski definition) is 5. The number of hydrogen-bond donors (Lipinski definition) is 1. The Hall–Kier alpha value is -2.63. The van der Waals surface area contributed by atoms with E-state index in [9.17, 15) is 5.11 Å². The summed E-state index contributed by atoms with van der Waals surface area (Å²) in [5, 5.41) is 13.3. The minimum Gasteiger partial charge on any atom is -0.508 e. The van der Waals surface area contributed by atoms with Crippen molar-refractivity contribution in [2.75, 3.05) is 0 Å². The Bertz CT molecular complexity index is 687. The molecular formula is C12H10N4O2. The van der Waals surface area contributed by atoms with Crippen molar-refractivity contribution < 1.29 is 9.63 Å². The molecule has 0 atom stereocenters. The molecule has 1 aromatic carbocycles. The first kappa shape index (κ1) is 10.5. The zero-order chi connectivity index (χ0) is 12.5. The number of aryl methyl sites for hydroxylation is 1. The summed E-state index contributed by atoms with van der Waals surface area (Å²) in [5.74, 6) is 0.942. The van der Waals surface area contributed by atoms with Crippen LogP contribution in [0.5, 0.6) is 5.75 Å². The van der Waals surface area contributed by atoms with Gasteiger partial charge in [0.15, 0.2) is 0 Å². The lowest BCUT2D eigenvalue weighted by molar-refractivity contribution is 0.431. The van der Waals surface area contributed by atoms with E-state index in [0.29, 0.717) is 23.0 Å². The third-order valence-electron chi connectivity index (χ3n) is 2.45. The van der Waals surface area contributed by atoms with Gasteiger partial charge in [-0.3, -0.25) is 0 Å². The lowest BCUT2D eigenvalue weighted by Gasteiger charge is -1.94. The monoisotopic (exact) mass is 242 g/mol. The van der Waals surface area contributed by atoms with Gasteiger partial charge >= 0.3 is 0 Å². The van der Waals surface area contributed by atoms with Crippen molar-refractivity contribution in [3.05, 3.63) is 36.8 Å². The molecule has 0 aliphatic rings. The Morgan fingerprint density at radius 2 is 2.22 bits per heavy atom. The molecule has 0 radical (unpaired) electrons. The standard InChI is InChI=1S/C12H10N4O2/c1-16-6-10(13-7-16)12-14-11(15-18-12)8-3-2-4-9(17)5-8/h2-7,17H,1H3. The molecule has 0 amide bonds. The van der Waals surface area contributed by atoms with Crippen LogP contribution in [-0.4, -0.2) is 24.8 Å². The van der Waals surface area contributed by atoms with Crippen molar-refractivity contribution in [2.24, 2.45) is 7.05 Å². The number of aromatic hydroxyl groups is 1. The van der Waals surface area contributed by atoms with E-state index in [-0.39, 0.29) is 5.75 Å². The van der Waals surface area contributed by atoms with Gasteiger partial charge in [-0.1, -0.05) is 17.3 Å². The van der Waals surface area contributed by atoms with Crippen LogP contribution in [0.15, 0.2) is 41.3 Å². The second kappa shape index (κ2) is 3.99. The quantitative estimate of drug-likeness (QED) is 0.742. The molecule has 2 heterocycles. The summed E-state index contributed by atoms with van der Waals surface area (Å²) in [6.45, 7) is 0. The summed E-state index contributed by atoms with van der Waals surface area (Å²) in [4.78, 5) is 8.37. The smallest absolute Gasteiger partial charge is 0.278 e. The molecule has 0 saturated carbocycles. The van der Waals surface area contributed by atoms with Crippen molar-refractivity contribution in [3.63, 3.8) is 0 Å². The van der Waals surface area contributed by atoms with Gasteiger partial charge in [-0.2, -0.15) is 4.98 Å². The van der Waals surface area contributed by atoms with Crippen LogP contribution in [0.25, 0.3) is 23.0 Å². The van der Waals surface area contributed by atoms with E-state index in [2.05, 4.69) is 15.1 Å². The summed E-state index contributed by atoms with van der Waals surface area (Å²) >= 11 is 0. The number of nitrogens with zero attached hydrogens (tertiary/aromatic N) is 4. The number of phenolic OH excluding ortho intramolecular Hbond substituents is 1. The van der Waals surface area contributed by atoms with E-state index in [0.717, 1.165) is 0 Å². The van der Waals surface area contributed by atoms with Crippen LogP contribution in [0, 0.1) is 0 Å². The van der Waals surface area contributed by atoms with Crippen molar-refractivity contribution in [2.45, 2.75) is 0 Å². The zero-order valence-electron chi connectivity index (χ0n) is 9.61. The molecule has 2 aromatic heterocycles. The van der Waals surface area contributed by atoms with Gasteiger partial charge in [-0.25, -0.2) is 4.98 Å². The van der Waals surface area contributed by atoms with Gasteiger partial charge in [0.05, 0.1) is 6.33 Å². The second-order valence-corrected chi connectivity index (χ2v) is 3.90. The predicted octanol–water partition coefficient (Wildman–Crippen LogP) is 1.84. The van der Waals surface area contributed by atoms with E-state index < -0.39 is 0 Å². The molecule has 6 heteroatoms. The second-order valence-electron chi connectivity index (χ2n) is 3.90. The van der Waals surface area contributed by atoms with E-state index in [1.165, 1.54) is 0 Å². The van der Waals surface area contributed by atoms with Crippen LogP contribution in [-0.2, 0) is 7.05 Å². The van der Waals surface area contributed by atoms with Crippen molar-refractivity contribution in [1.82, 2.24) is 19.7 Å². The molecule has 3 rings (SSSR count). The van der Waals surface area contributed by atoms with Crippen LogP contribution in [0.1, 0.15) is 0 Å². The molecule has 3 aromatic rings. The third kappa shape index (κ3) is 1.84. The fourth-order valence-electron chi connectivity index (χ4n) is 1.61. The summed E-state index contributed by atoms with van der Waals surface area (Å²) in [6, 6.07) is 6.69. The maximum absolute atomic E-state index is 9.40. The normalized spacial score (nSPS) is 10.7. The molecule has 18 heavy (non-hydrogen) atoms. The van der Waals surface area contributed by atoms with Gasteiger partial charge < -0.3 is 14.2 Å². The summed E-state index contributed by atoms with van der Waals surface area (Å²) in [5.41, 5.74) is 1.32.